The first-order valence-corrected chi connectivity index (χ1v) is 11.7. The lowest BCUT2D eigenvalue weighted by atomic mass is 10.1. The van der Waals surface area contributed by atoms with Crippen LogP contribution in [0.4, 0.5) is 0 Å². The maximum Gasteiger partial charge on any atom is 0.252 e. The molecule has 4 rings (SSSR count). The van der Waals surface area contributed by atoms with Gasteiger partial charge in [0, 0.05) is 24.7 Å². The van der Waals surface area contributed by atoms with Crippen LogP contribution in [0.2, 0.25) is 0 Å². The molecular formula is C28H33N3O2. The molecule has 3 aromatic carbocycles. The van der Waals surface area contributed by atoms with E-state index in [1.165, 1.54) is 5.56 Å². The van der Waals surface area contributed by atoms with Crippen molar-refractivity contribution < 1.29 is 9.53 Å². The molecular weight excluding hydrogens is 410 g/mol. The molecule has 5 nitrogen and oxygen atoms in total. The van der Waals surface area contributed by atoms with Crippen LogP contribution in [-0.2, 0) is 13.2 Å². The molecule has 0 radical (unpaired) electrons. The average molecular weight is 444 g/mol. The number of nitrogens with zero attached hydrogens (tertiary/aromatic N) is 1. The molecule has 1 saturated heterocycles. The van der Waals surface area contributed by atoms with Gasteiger partial charge in [0.05, 0.1) is 6.17 Å². The summed E-state index contributed by atoms with van der Waals surface area (Å²) in [6.45, 7) is 2.25. The zero-order valence-electron chi connectivity index (χ0n) is 19.2. The minimum absolute atomic E-state index is 0.0356. The Bertz CT molecular complexity index is 1010. The van der Waals surface area contributed by atoms with Crippen LogP contribution < -0.4 is 15.4 Å². The lowest BCUT2D eigenvalue weighted by Gasteiger charge is -2.31. The summed E-state index contributed by atoms with van der Waals surface area (Å²) in [5, 5.41) is 6.72. The van der Waals surface area contributed by atoms with Crippen molar-refractivity contribution in [2.75, 3.05) is 13.6 Å². The van der Waals surface area contributed by atoms with Crippen LogP contribution in [0.15, 0.2) is 84.9 Å². The molecule has 33 heavy (non-hydrogen) atoms. The third kappa shape index (κ3) is 6.67. The Kier molecular flexibility index (Phi) is 8.12. The van der Waals surface area contributed by atoms with Gasteiger partial charge in [-0.25, -0.2) is 0 Å². The molecule has 0 spiro atoms. The Hall–Kier alpha value is -3.15. The van der Waals surface area contributed by atoms with Crippen LogP contribution in [0.3, 0.4) is 0 Å². The number of hydrogen-bond donors (Lipinski definition) is 2. The molecule has 0 bridgehead atoms. The van der Waals surface area contributed by atoms with E-state index in [0.717, 1.165) is 37.9 Å². The topological polar surface area (TPSA) is 53.6 Å². The van der Waals surface area contributed by atoms with E-state index in [4.69, 9.17) is 4.74 Å². The molecule has 2 atom stereocenters. The van der Waals surface area contributed by atoms with Crippen molar-refractivity contribution in [2.45, 2.75) is 44.6 Å². The second-order valence-electron chi connectivity index (χ2n) is 8.61. The van der Waals surface area contributed by atoms with E-state index in [1.54, 1.807) is 0 Å². The molecule has 5 heteroatoms. The molecule has 172 valence electrons. The molecule has 1 fully saturated rings. The molecule has 1 aliphatic rings. The highest BCUT2D eigenvalue weighted by Gasteiger charge is 2.27. The summed E-state index contributed by atoms with van der Waals surface area (Å²) in [4.78, 5) is 15.6. The number of nitrogens with one attached hydrogen (secondary N) is 2. The monoisotopic (exact) mass is 443 g/mol. The molecule has 0 aliphatic carbocycles. The third-order valence-electron chi connectivity index (χ3n) is 6.23. The van der Waals surface area contributed by atoms with Gasteiger partial charge in [-0.1, -0.05) is 66.7 Å². The number of amides is 1. The van der Waals surface area contributed by atoms with Crippen molar-refractivity contribution in [2.24, 2.45) is 0 Å². The van der Waals surface area contributed by atoms with Gasteiger partial charge in [-0.05, 0) is 55.6 Å². The van der Waals surface area contributed by atoms with Crippen LogP contribution in [0.25, 0.3) is 0 Å². The number of hydrogen-bond acceptors (Lipinski definition) is 4. The SMILES string of the molecule is CNC1CCCN(Cc2ccccc2)C(NC(=O)c2cccc(OCc3ccccc3)c2)C1. The molecule has 1 amide bonds. The molecule has 1 heterocycles. The predicted molar refractivity (Wildman–Crippen MR) is 132 cm³/mol. The number of ether oxygens (including phenoxy) is 1. The van der Waals surface area contributed by atoms with Crippen LogP contribution in [0, 0.1) is 0 Å². The number of benzene rings is 3. The van der Waals surface area contributed by atoms with E-state index >= 15 is 0 Å². The van der Waals surface area contributed by atoms with Crippen LogP contribution in [-0.4, -0.2) is 36.6 Å². The summed E-state index contributed by atoms with van der Waals surface area (Å²) in [7, 11) is 2.00. The van der Waals surface area contributed by atoms with Crippen molar-refractivity contribution in [3.8, 4) is 5.75 Å². The predicted octanol–water partition coefficient (Wildman–Crippen LogP) is 4.60. The van der Waals surface area contributed by atoms with Gasteiger partial charge in [-0.15, -0.1) is 0 Å². The Labute approximate surface area is 196 Å². The Morgan fingerprint density at radius 2 is 1.70 bits per heavy atom. The summed E-state index contributed by atoms with van der Waals surface area (Å²) in [6, 6.07) is 28.3. The maximum atomic E-state index is 13.2. The summed E-state index contributed by atoms with van der Waals surface area (Å²) >= 11 is 0. The number of rotatable bonds is 8. The highest BCUT2D eigenvalue weighted by Crippen LogP contribution is 2.20. The van der Waals surface area contributed by atoms with Gasteiger partial charge >= 0.3 is 0 Å². The first-order chi connectivity index (χ1) is 16.2. The minimum atomic E-state index is -0.0695. The van der Waals surface area contributed by atoms with Gasteiger partial charge < -0.3 is 15.4 Å². The normalized spacial score (nSPS) is 18.9. The summed E-state index contributed by atoms with van der Waals surface area (Å²) < 4.78 is 5.93. The van der Waals surface area contributed by atoms with Crippen LogP contribution in [0.1, 0.15) is 40.7 Å². The largest absolute Gasteiger partial charge is 0.489 e. The Morgan fingerprint density at radius 3 is 2.42 bits per heavy atom. The highest BCUT2D eigenvalue weighted by atomic mass is 16.5. The van der Waals surface area contributed by atoms with Gasteiger partial charge in [0.2, 0.25) is 0 Å². The minimum Gasteiger partial charge on any atom is -0.489 e. The van der Waals surface area contributed by atoms with Crippen molar-refractivity contribution in [3.63, 3.8) is 0 Å². The zero-order chi connectivity index (χ0) is 22.9. The lowest BCUT2D eigenvalue weighted by molar-refractivity contribution is 0.0831. The van der Waals surface area contributed by atoms with Gasteiger partial charge in [-0.2, -0.15) is 0 Å². The fraction of sp³-hybridized carbons (Fsp3) is 0.321. The average Bonchev–Trinajstić information content (AvgIpc) is 3.06. The van der Waals surface area contributed by atoms with Gasteiger partial charge in [0.1, 0.15) is 12.4 Å². The van der Waals surface area contributed by atoms with Crippen molar-refractivity contribution >= 4 is 5.91 Å². The first-order valence-electron chi connectivity index (χ1n) is 11.7. The molecule has 2 N–H and O–H groups in total. The van der Waals surface area contributed by atoms with Gasteiger partial charge in [-0.3, -0.25) is 9.69 Å². The second kappa shape index (κ2) is 11.6. The molecule has 1 aliphatic heterocycles. The Balaban J connectivity index is 1.44. The summed E-state index contributed by atoms with van der Waals surface area (Å²) in [5.41, 5.74) is 2.97. The fourth-order valence-electron chi connectivity index (χ4n) is 4.36. The van der Waals surface area contributed by atoms with Gasteiger partial charge in [0.25, 0.3) is 5.91 Å². The zero-order valence-corrected chi connectivity index (χ0v) is 19.2. The third-order valence-corrected chi connectivity index (χ3v) is 6.23. The summed E-state index contributed by atoms with van der Waals surface area (Å²) in [5.74, 6) is 0.626. The lowest BCUT2D eigenvalue weighted by Crippen LogP contribution is -2.49. The van der Waals surface area contributed by atoms with Gasteiger partial charge in [0.15, 0.2) is 0 Å². The van der Waals surface area contributed by atoms with E-state index in [-0.39, 0.29) is 12.1 Å². The molecule has 0 saturated carbocycles. The van der Waals surface area contributed by atoms with Crippen molar-refractivity contribution in [3.05, 3.63) is 102 Å². The number of carbonyl (C=O) groups excluding carboxylic acids is 1. The standard InChI is InChI=1S/C28H33N3O2/c1-29-25-15-9-17-31(20-22-10-4-2-5-11-22)27(19-25)30-28(32)24-14-8-16-26(18-24)33-21-23-12-6-3-7-13-23/h2-8,10-14,16,18,25,27,29H,9,15,17,19-21H2,1H3,(H,30,32). The van der Waals surface area contributed by atoms with E-state index in [0.29, 0.717) is 24.0 Å². The van der Waals surface area contributed by atoms with Crippen LogP contribution >= 0.6 is 0 Å². The smallest absolute Gasteiger partial charge is 0.252 e. The van der Waals surface area contributed by atoms with E-state index in [9.17, 15) is 4.79 Å². The quantitative estimate of drug-likeness (QED) is 0.534. The molecule has 0 aromatic heterocycles. The fourth-order valence-corrected chi connectivity index (χ4v) is 4.36. The van der Waals surface area contributed by atoms with E-state index in [1.807, 2.05) is 67.7 Å². The van der Waals surface area contributed by atoms with Crippen molar-refractivity contribution in [1.29, 1.82) is 0 Å². The second-order valence-corrected chi connectivity index (χ2v) is 8.61. The highest BCUT2D eigenvalue weighted by molar-refractivity contribution is 5.94. The van der Waals surface area contributed by atoms with Crippen LogP contribution in [0.5, 0.6) is 5.75 Å². The van der Waals surface area contributed by atoms with E-state index < -0.39 is 0 Å². The van der Waals surface area contributed by atoms with E-state index in [2.05, 4.69) is 39.8 Å². The molecule has 2 unspecified atom stereocenters. The van der Waals surface area contributed by atoms with Crippen molar-refractivity contribution in [1.82, 2.24) is 15.5 Å². The summed E-state index contributed by atoms with van der Waals surface area (Å²) in [6.07, 6.45) is 3.05. The number of carbonyl (C=O) groups is 1. The number of likely N-dealkylation sites (tertiary alicyclic amines) is 1. The Morgan fingerprint density at radius 1 is 0.970 bits per heavy atom. The molecule has 3 aromatic rings. The maximum absolute atomic E-state index is 13.2. The first kappa shape index (κ1) is 23.0.